The predicted molar refractivity (Wildman–Crippen MR) is 95.4 cm³/mol. The average Bonchev–Trinajstić information content (AvgIpc) is 2.60. The summed E-state index contributed by atoms with van der Waals surface area (Å²) in [4.78, 5) is 44.8. The van der Waals surface area contributed by atoms with Crippen LogP contribution in [-0.2, 0) is 30.4 Å². The molecule has 0 radical (unpaired) electrons. The molecule has 27 heavy (non-hydrogen) atoms. The fraction of sp³-hybridized carbons (Fsp3) is 0.471. The molecule has 10 heteroatoms. The van der Waals surface area contributed by atoms with Crippen molar-refractivity contribution in [3.8, 4) is 5.75 Å². The Hall–Kier alpha value is -3.17. The van der Waals surface area contributed by atoms with Crippen molar-refractivity contribution in [2.24, 2.45) is 0 Å². The minimum Gasteiger partial charge on any atom is -0.494 e. The van der Waals surface area contributed by atoms with E-state index in [2.05, 4.69) is 5.32 Å². The van der Waals surface area contributed by atoms with Gasteiger partial charge in [-0.25, -0.2) is 9.59 Å². The van der Waals surface area contributed by atoms with Gasteiger partial charge in [0.25, 0.3) is 0 Å². The number of anilines is 2. The van der Waals surface area contributed by atoms with Gasteiger partial charge in [0.05, 0.1) is 20.3 Å². The summed E-state index contributed by atoms with van der Waals surface area (Å²) in [6.07, 6.45) is -1.69. The van der Waals surface area contributed by atoms with E-state index in [1.807, 2.05) is 6.92 Å². The second-order valence-electron chi connectivity index (χ2n) is 5.03. The fourth-order valence-electron chi connectivity index (χ4n) is 2.12. The molecule has 0 bridgehead atoms. The topological polar surface area (TPSA) is 113 Å². The SMILES string of the molecule is CCOC(=O)ON(OC(=O)OCC)c1cc(NC(C)=O)cc(CC)c1OC. The zero-order valence-electron chi connectivity index (χ0n) is 16.0. The summed E-state index contributed by atoms with van der Waals surface area (Å²) in [6, 6.07) is 3.11. The van der Waals surface area contributed by atoms with E-state index < -0.39 is 12.3 Å². The number of rotatable bonds is 8. The summed E-state index contributed by atoms with van der Waals surface area (Å²) in [5.74, 6) is -0.0301. The molecular weight excluding hydrogens is 360 g/mol. The molecule has 0 saturated carbocycles. The smallest absolute Gasteiger partial charge is 0.494 e. The molecule has 1 rings (SSSR count). The number of amides is 1. The van der Waals surface area contributed by atoms with Crippen molar-refractivity contribution in [1.29, 1.82) is 0 Å². The molecule has 0 saturated heterocycles. The summed E-state index contributed by atoms with van der Waals surface area (Å²) < 4.78 is 14.8. The number of methoxy groups -OCH3 is 1. The number of nitrogens with zero attached hydrogens (tertiary/aromatic N) is 1. The lowest BCUT2D eigenvalue weighted by Crippen LogP contribution is -2.31. The largest absolute Gasteiger partial charge is 0.536 e. The van der Waals surface area contributed by atoms with E-state index in [0.29, 0.717) is 22.9 Å². The zero-order valence-corrected chi connectivity index (χ0v) is 16.0. The average molecular weight is 384 g/mol. The van der Waals surface area contributed by atoms with Gasteiger partial charge in [0.2, 0.25) is 5.91 Å². The second kappa shape index (κ2) is 10.7. The van der Waals surface area contributed by atoms with Crippen LogP contribution in [0.2, 0.25) is 0 Å². The van der Waals surface area contributed by atoms with E-state index in [9.17, 15) is 14.4 Å². The highest BCUT2D eigenvalue weighted by Gasteiger charge is 2.26. The standard InChI is InChI=1S/C17H24N2O8/c1-6-12-9-13(18-11(4)20)10-14(15(12)23-5)19(26-16(21)24-7-2)27-17(22)25-8-3/h9-10H,6-8H2,1-5H3,(H,18,20). The van der Waals surface area contributed by atoms with Crippen LogP contribution in [0.15, 0.2) is 12.1 Å². The van der Waals surface area contributed by atoms with E-state index in [0.717, 1.165) is 0 Å². The van der Waals surface area contributed by atoms with Crippen LogP contribution in [0.25, 0.3) is 0 Å². The van der Waals surface area contributed by atoms with Crippen molar-refractivity contribution in [2.45, 2.75) is 34.1 Å². The van der Waals surface area contributed by atoms with Crippen LogP contribution >= 0.6 is 0 Å². The van der Waals surface area contributed by atoms with Crippen molar-refractivity contribution in [1.82, 2.24) is 0 Å². The van der Waals surface area contributed by atoms with Crippen LogP contribution in [0, 0.1) is 0 Å². The monoisotopic (exact) mass is 384 g/mol. The first kappa shape index (κ1) is 21.9. The Morgan fingerprint density at radius 2 is 1.56 bits per heavy atom. The van der Waals surface area contributed by atoms with Crippen LogP contribution < -0.4 is 15.3 Å². The maximum absolute atomic E-state index is 11.8. The van der Waals surface area contributed by atoms with Gasteiger partial charge < -0.3 is 19.5 Å². The Bertz CT molecular complexity index is 657. The van der Waals surface area contributed by atoms with Crippen molar-refractivity contribution in [2.75, 3.05) is 30.9 Å². The molecule has 0 fully saturated rings. The maximum atomic E-state index is 11.8. The van der Waals surface area contributed by atoms with Crippen LogP contribution in [0.5, 0.6) is 5.75 Å². The first-order valence-corrected chi connectivity index (χ1v) is 8.34. The molecule has 1 N–H and O–H groups in total. The summed E-state index contributed by atoms with van der Waals surface area (Å²) >= 11 is 0. The van der Waals surface area contributed by atoms with Gasteiger partial charge in [-0.1, -0.05) is 6.92 Å². The Balaban J connectivity index is 3.39. The van der Waals surface area contributed by atoms with Gasteiger partial charge >= 0.3 is 12.3 Å². The number of hydrogen-bond donors (Lipinski definition) is 1. The van der Waals surface area contributed by atoms with Crippen LogP contribution in [0.4, 0.5) is 21.0 Å². The Labute approximate surface area is 157 Å². The van der Waals surface area contributed by atoms with Gasteiger partial charge in [-0.3, -0.25) is 14.5 Å². The normalized spacial score (nSPS) is 9.81. The highest BCUT2D eigenvalue weighted by molar-refractivity contribution is 5.90. The predicted octanol–water partition coefficient (Wildman–Crippen LogP) is 3.20. The number of ether oxygens (including phenoxy) is 3. The third kappa shape index (κ3) is 6.57. The summed E-state index contributed by atoms with van der Waals surface area (Å²) in [5.41, 5.74) is 1.12. The minimum absolute atomic E-state index is 0.0509. The summed E-state index contributed by atoms with van der Waals surface area (Å²) in [7, 11) is 1.41. The van der Waals surface area contributed by atoms with Crippen LogP contribution in [0.3, 0.4) is 0 Å². The number of carbonyl (C=O) groups is 3. The molecule has 0 unspecified atom stereocenters. The number of carbonyl (C=O) groups excluding carboxylic acids is 3. The van der Waals surface area contributed by atoms with Gasteiger partial charge in [0, 0.05) is 12.6 Å². The molecule has 1 amide bonds. The van der Waals surface area contributed by atoms with Gasteiger partial charge in [0.15, 0.2) is 11.4 Å². The highest BCUT2D eigenvalue weighted by Crippen LogP contribution is 2.36. The first-order chi connectivity index (χ1) is 12.9. The van der Waals surface area contributed by atoms with Crippen LogP contribution in [0.1, 0.15) is 33.3 Å². The first-order valence-electron chi connectivity index (χ1n) is 8.34. The lowest BCUT2D eigenvalue weighted by atomic mass is 10.1. The molecule has 0 aliphatic rings. The number of aryl methyl sites for hydroxylation is 1. The molecule has 1 aromatic rings. The molecule has 150 valence electrons. The quantitative estimate of drug-likeness (QED) is 0.533. The van der Waals surface area contributed by atoms with Crippen molar-refractivity contribution >= 4 is 29.6 Å². The Morgan fingerprint density at radius 1 is 1.00 bits per heavy atom. The minimum atomic E-state index is -1.10. The van der Waals surface area contributed by atoms with E-state index >= 15 is 0 Å². The third-order valence-electron chi connectivity index (χ3n) is 3.09. The Morgan fingerprint density at radius 3 is 1.96 bits per heavy atom. The van der Waals surface area contributed by atoms with E-state index in [4.69, 9.17) is 23.9 Å². The molecule has 0 aliphatic carbocycles. The zero-order chi connectivity index (χ0) is 20.4. The molecule has 1 aromatic carbocycles. The van der Waals surface area contributed by atoms with Gasteiger partial charge in [-0.05, 0) is 43.2 Å². The molecule has 0 atom stereocenters. The van der Waals surface area contributed by atoms with E-state index in [1.165, 1.54) is 20.1 Å². The van der Waals surface area contributed by atoms with Gasteiger partial charge in [0.1, 0.15) is 0 Å². The number of benzene rings is 1. The molecule has 10 nitrogen and oxygen atoms in total. The fourth-order valence-corrected chi connectivity index (χ4v) is 2.12. The second-order valence-corrected chi connectivity index (χ2v) is 5.03. The molecule has 0 aliphatic heterocycles. The molecule has 0 aromatic heterocycles. The van der Waals surface area contributed by atoms with E-state index in [1.54, 1.807) is 19.9 Å². The van der Waals surface area contributed by atoms with Crippen molar-refractivity contribution < 1.29 is 38.3 Å². The molecule has 0 spiro atoms. The Kier molecular flexibility index (Phi) is 8.70. The third-order valence-corrected chi connectivity index (χ3v) is 3.09. The number of hydrogen-bond acceptors (Lipinski definition) is 9. The number of nitrogens with one attached hydrogen (secondary N) is 1. The maximum Gasteiger partial charge on any atom is 0.536 e. The van der Waals surface area contributed by atoms with Gasteiger partial charge in [-0.2, -0.15) is 0 Å². The van der Waals surface area contributed by atoms with Crippen LogP contribution in [-0.4, -0.2) is 38.5 Å². The molecular formula is C17H24N2O8. The summed E-state index contributed by atoms with van der Waals surface area (Å²) in [6.45, 7) is 6.49. The lowest BCUT2D eigenvalue weighted by molar-refractivity contribution is -0.114. The van der Waals surface area contributed by atoms with Crippen molar-refractivity contribution in [3.63, 3.8) is 0 Å². The van der Waals surface area contributed by atoms with Gasteiger partial charge in [-0.15, -0.1) is 0 Å². The highest BCUT2D eigenvalue weighted by atomic mass is 17.0. The summed E-state index contributed by atoms with van der Waals surface area (Å²) in [5, 5.41) is 3.15. The molecule has 0 heterocycles. The van der Waals surface area contributed by atoms with E-state index in [-0.39, 0.29) is 30.6 Å². The lowest BCUT2D eigenvalue weighted by Gasteiger charge is -2.23. The van der Waals surface area contributed by atoms with Crippen molar-refractivity contribution in [3.05, 3.63) is 17.7 Å².